The van der Waals surface area contributed by atoms with Gasteiger partial charge < -0.3 is 14.9 Å². The maximum absolute atomic E-state index is 9.09. The van der Waals surface area contributed by atoms with Crippen molar-refractivity contribution in [2.24, 2.45) is 0 Å². The molecule has 1 aromatic rings. The Morgan fingerprint density at radius 2 is 1.80 bits per heavy atom. The van der Waals surface area contributed by atoms with Crippen LogP contribution in [-0.4, -0.2) is 42.2 Å². The number of likely N-dealkylation sites (N-methyl/N-ethyl adjacent to an activating group) is 1. The third-order valence-corrected chi connectivity index (χ3v) is 3.05. The van der Waals surface area contributed by atoms with Crippen molar-refractivity contribution < 1.29 is 10.0 Å². The highest BCUT2D eigenvalue weighted by Crippen LogP contribution is 2.13. The predicted octanol–water partition coefficient (Wildman–Crippen LogP) is -0.603. The molecule has 0 amide bonds. The predicted molar refractivity (Wildman–Crippen MR) is 61.2 cm³/mol. The van der Waals surface area contributed by atoms with E-state index in [-0.39, 0.29) is 0 Å². The van der Waals surface area contributed by atoms with Crippen molar-refractivity contribution in [2.45, 2.75) is 12.8 Å². The third kappa shape index (κ3) is 2.40. The molecule has 1 aliphatic rings. The standard InChI is InChI=1S/C11H16BNO2/c1-13-6-4-9-2-3-11(12(14)15)8-10(9)5-7-13/h2-3,8,14-15H,4-7H2,1H3. The number of fused-ring (bicyclic) bond motifs is 1. The first kappa shape index (κ1) is 10.7. The van der Waals surface area contributed by atoms with E-state index in [2.05, 4.69) is 11.9 Å². The summed E-state index contributed by atoms with van der Waals surface area (Å²) < 4.78 is 0. The van der Waals surface area contributed by atoms with Crippen LogP contribution < -0.4 is 5.46 Å². The second-order valence-electron chi connectivity index (χ2n) is 4.21. The van der Waals surface area contributed by atoms with Crippen LogP contribution in [0, 0.1) is 0 Å². The lowest BCUT2D eigenvalue weighted by molar-refractivity contribution is 0.352. The Morgan fingerprint density at radius 3 is 2.47 bits per heavy atom. The Balaban J connectivity index is 2.28. The largest absolute Gasteiger partial charge is 0.488 e. The van der Waals surface area contributed by atoms with Crippen LogP contribution in [0.25, 0.3) is 0 Å². The Labute approximate surface area is 90.5 Å². The highest BCUT2D eigenvalue weighted by Gasteiger charge is 2.15. The fourth-order valence-electron chi connectivity index (χ4n) is 2.02. The number of hydrogen-bond donors (Lipinski definition) is 2. The Kier molecular flexibility index (Phi) is 3.10. The average molecular weight is 205 g/mol. The molecule has 0 atom stereocenters. The Morgan fingerprint density at radius 1 is 1.13 bits per heavy atom. The number of nitrogens with zero attached hydrogens (tertiary/aromatic N) is 1. The SMILES string of the molecule is CN1CCc2ccc(B(O)O)cc2CC1. The molecule has 3 nitrogen and oxygen atoms in total. The van der Waals surface area contributed by atoms with Gasteiger partial charge in [-0.1, -0.05) is 18.2 Å². The summed E-state index contributed by atoms with van der Waals surface area (Å²) in [4.78, 5) is 2.30. The Bertz CT molecular complexity index is 354. The zero-order chi connectivity index (χ0) is 10.8. The first-order valence-electron chi connectivity index (χ1n) is 5.33. The van der Waals surface area contributed by atoms with Gasteiger partial charge in [-0.25, -0.2) is 0 Å². The second-order valence-corrected chi connectivity index (χ2v) is 4.21. The van der Waals surface area contributed by atoms with E-state index in [0.29, 0.717) is 5.46 Å². The van der Waals surface area contributed by atoms with Crippen molar-refractivity contribution in [3.05, 3.63) is 29.3 Å². The molecule has 1 aliphatic heterocycles. The molecule has 80 valence electrons. The van der Waals surface area contributed by atoms with Crippen LogP contribution in [0.3, 0.4) is 0 Å². The molecule has 0 bridgehead atoms. The van der Waals surface area contributed by atoms with Gasteiger partial charge in [0.15, 0.2) is 0 Å². The molecule has 0 aromatic heterocycles. The van der Waals surface area contributed by atoms with Gasteiger partial charge in [-0.3, -0.25) is 0 Å². The van der Waals surface area contributed by atoms with E-state index in [9.17, 15) is 0 Å². The van der Waals surface area contributed by atoms with E-state index in [4.69, 9.17) is 10.0 Å². The van der Waals surface area contributed by atoms with Gasteiger partial charge >= 0.3 is 7.12 Å². The third-order valence-electron chi connectivity index (χ3n) is 3.05. The first-order valence-corrected chi connectivity index (χ1v) is 5.33. The number of benzene rings is 1. The van der Waals surface area contributed by atoms with Gasteiger partial charge in [-0.2, -0.15) is 0 Å². The summed E-state index contributed by atoms with van der Waals surface area (Å²) in [5.41, 5.74) is 3.19. The molecule has 0 radical (unpaired) electrons. The highest BCUT2D eigenvalue weighted by molar-refractivity contribution is 6.58. The molecule has 2 rings (SSSR count). The molecule has 0 saturated heterocycles. The summed E-state index contributed by atoms with van der Waals surface area (Å²) in [5.74, 6) is 0. The molecule has 1 aromatic carbocycles. The lowest BCUT2D eigenvalue weighted by Crippen LogP contribution is -2.30. The van der Waals surface area contributed by atoms with E-state index in [1.165, 1.54) is 11.1 Å². The van der Waals surface area contributed by atoms with Gasteiger partial charge in [-0.15, -0.1) is 0 Å². The van der Waals surface area contributed by atoms with Gasteiger partial charge in [0.2, 0.25) is 0 Å². The summed E-state index contributed by atoms with van der Waals surface area (Å²) in [6.45, 7) is 2.12. The van der Waals surface area contributed by atoms with Crippen LogP contribution >= 0.6 is 0 Å². The molecular weight excluding hydrogens is 189 g/mol. The summed E-state index contributed by atoms with van der Waals surface area (Å²) in [5, 5.41) is 18.2. The van der Waals surface area contributed by atoms with Crippen LogP contribution in [0.1, 0.15) is 11.1 Å². The number of hydrogen-bond acceptors (Lipinski definition) is 3. The van der Waals surface area contributed by atoms with Crippen molar-refractivity contribution in [1.29, 1.82) is 0 Å². The lowest BCUT2D eigenvalue weighted by Gasteiger charge is -2.10. The summed E-state index contributed by atoms with van der Waals surface area (Å²) in [6.07, 6.45) is 2.04. The van der Waals surface area contributed by atoms with E-state index in [1.54, 1.807) is 6.07 Å². The minimum absolute atomic E-state index is 0.596. The van der Waals surface area contributed by atoms with Crippen LogP contribution in [0.4, 0.5) is 0 Å². The van der Waals surface area contributed by atoms with Gasteiger partial charge in [0, 0.05) is 13.1 Å². The van der Waals surface area contributed by atoms with Crippen molar-refractivity contribution in [2.75, 3.05) is 20.1 Å². The van der Waals surface area contributed by atoms with Gasteiger partial charge in [0.05, 0.1) is 0 Å². The van der Waals surface area contributed by atoms with Crippen LogP contribution in [0.5, 0.6) is 0 Å². The summed E-state index contributed by atoms with van der Waals surface area (Å²) >= 11 is 0. The number of rotatable bonds is 1. The van der Waals surface area contributed by atoms with Crippen molar-refractivity contribution in [3.63, 3.8) is 0 Å². The minimum atomic E-state index is -1.35. The van der Waals surface area contributed by atoms with Crippen molar-refractivity contribution in [1.82, 2.24) is 4.90 Å². The fraction of sp³-hybridized carbons (Fsp3) is 0.455. The highest BCUT2D eigenvalue weighted by atomic mass is 16.4. The van der Waals surface area contributed by atoms with Crippen LogP contribution in [0.2, 0.25) is 0 Å². The van der Waals surface area contributed by atoms with Gasteiger partial charge in [-0.05, 0) is 36.5 Å². The molecule has 1 heterocycles. The smallest absolute Gasteiger partial charge is 0.423 e. The van der Waals surface area contributed by atoms with Gasteiger partial charge in [0.1, 0.15) is 0 Å². The molecule has 15 heavy (non-hydrogen) atoms. The first-order chi connectivity index (χ1) is 7.16. The van der Waals surface area contributed by atoms with E-state index in [1.807, 2.05) is 12.1 Å². The maximum Gasteiger partial charge on any atom is 0.488 e. The fourth-order valence-corrected chi connectivity index (χ4v) is 2.02. The summed E-state index contributed by atoms with van der Waals surface area (Å²) in [7, 11) is 0.768. The van der Waals surface area contributed by atoms with E-state index in [0.717, 1.165) is 25.9 Å². The molecule has 0 unspecified atom stereocenters. The normalized spacial score (nSPS) is 17.0. The van der Waals surface area contributed by atoms with Crippen LogP contribution in [-0.2, 0) is 12.8 Å². The van der Waals surface area contributed by atoms with E-state index >= 15 is 0 Å². The van der Waals surface area contributed by atoms with Gasteiger partial charge in [0.25, 0.3) is 0 Å². The monoisotopic (exact) mass is 205 g/mol. The van der Waals surface area contributed by atoms with E-state index < -0.39 is 7.12 Å². The van der Waals surface area contributed by atoms with Crippen molar-refractivity contribution >= 4 is 12.6 Å². The topological polar surface area (TPSA) is 43.7 Å². The maximum atomic E-state index is 9.09. The molecule has 0 fully saturated rings. The Hall–Kier alpha value is -0.835. The minimum Gasteiger partial charge on any atom is -0.423 e. The molecule has 4 heteroatoms. The zero-order valence-corrected chi connectivity index (χ0v) is 8.98. The molecular formula is C11H16BNO2. The molecule has 0 spiro atoms. The van der Waals surface area contributed by atoms with Crippen LogP contribution in [0.15, 0.2) is 18.2 Å². The summed E-state index contributed by atoms with van der Waals surface area (Å²) in [6, 6.07) is 5.73. The quantitative estimate of drug-likeness (QED) is 0.601. The molecule has 2 N–H and O–H groups in total. The molecule has 0 saturated carbocycles. The molecule has 0 aliphatic carbocycles. The second kappa shape index (κ2) is 4.35. The lowest BCUT2D eigenvalue weighted by atomic mass is 9.78. The average Bonchev–Trinajstić information content (AvgIpc) is 2.40. The zero-order valence-electron chi connectivity index (χ0n) is 8.98. The van der Waals surface area contributed by atoms with Crippen molar-refractivity contribution in [3.8, 4) is 0 Å².